The van der Waals surface area contributed by atoms with Crippen molar-refractivity contribution in [3.63, 3.8) is 0 Å². The molecule has 3 aromatic rings. The van der Waals surface area contributed by atoms with Gasteiger partial charge in [0.05, 0.1) is 0 Å². The van der Waals surface area contributed by atoms with Gasteiger partial charge in [-0.05, 0) is 30.9 Å². The first-order valence-electron chi connectivity index (χ1n) is 9.17. The highest BCUT2D eigenvalue weighted by atomic mass is 32.2. The number of aromatic nitrogens is 1. The predicted molar refractivity (Wildman–Crippen MR) is 105 cm³/mol. The van der Waals surface area contributed by atoms with Crippen molar-refractivity contribution >= 4 is 10.0 Å². The minimum Gasteiger partial charge on any atom is -0.435 e. The lowest BCUT2D eigenvalue weighted by molar-refractivity contribution is 0.280. The number of benzene rings is 2. The van der Waals surface area contributed by atoms with Gasteiger partial charge in [0.15, 0.2) is 5.76 Å². The van der Waals surface area contributed by atoms with Crippen LogP contribution >= 0.6 is 0 Å². The first-order valence-corrected chi connectivity index (χ1v) is 10.6. The van der Waals surface area contributed by atoms with Crippen LogP contribution in [0.3, 0.4) is 0 Å². The lowest BCUT2D eigenvalue weighted by Gasteiger charge is -2.29. The van der Waals surface area contributed by atoms with E-state index in [1.807, 2.05) is 60.7 Å². The van der Waals surface area contributed by atoms with E-state index < -0.39 is 10.0 Å². The Bertz CT molecular complexity index is 1010. The summed E-state index contributed by atoms with van der Waals surface area (Å²) in [6.07, 6.45) is 1.91. The van der Waals surface area contributed by atoms with Crippen molar-refractivity contribution in [3.05, 3.63) is 60.7 Å². The molecule has 0 spiro atoms. The molecular formula is C21H22N2O3S. The Labute approximate surface area is 159 Å². The number of hydrogen-bond donors (Lipinski definition) is 0. The number of rotatable bonds is 4. The zero-order valence-corrected chi connectivity index (χ0v) is 16.0. The Balaban J connectivity index is 1.84. The Morgan fingerprint density at radius 2 is 1.63 bits per heavy atom. The molecule has 0 bridgehead atoms. The van der Waals surface area contributed by atoms with Crippen molar-refractivity contribution in [2.24, 2.45) is 5.92 Å². The van der Waals surface area contributed by atoms with Crippen LogP contribution in [-0.4, -0.2) is 30.8 Å². The number of hydrogen-bond acceptors (Lipinski definition) is 4. The van der Waals surface area contributed by atoms with Crippen LogP contribution < -0.4 is 0 Å². The molecule has 1 fully saturated rings. The lowest BCUT2D eigenvalue weighted by Crippen LogP contribution is -2.39. The highest BCUT2D eigenvalue weighted by Gasteiger charge is 2.35. The van der Waals surface area contributed by atoms with Crippen molar-refractivity contribution in [2.75, 3.05) is 13.1 Å². The van der Waals surface area contributed by atoms with E-state index in [1.54, 1.807) is 4.31 Å². The minimum atomic E-state index is -3.73. The largest absolute Gasteiger partial charge is 0.435 e. The van der Waals surface area contributed by atoms with E-state index in [2.05, 4.69) is 11.9 Å². The molecule has 0 saturated carbocycles. The summed E-state index contributed by atoms with van der Waals surface area (Å²) in [5, 5.41) is 0.00153. The van der Waals surface area contributed by atoms with Crippen LogP contribution in [0.15, 0.2) is 70.1 Å². The summed E-state index contributed by atoms with van der Waals surface area (Å²) in [5.74, 6) is 0.958. The predicted octanol–water partition coefficient (Wildman–Crippen LogP) is 4.43. The Hall–Kier alpha value is -2.44. The monoisotopic (exact) mass is 382 g/mol. The number of sulfonamides is 1. The number of piperidine rings is 1. The summed E-state index contributed by atoms with van der Waals surface area (Å²) in [6.45, 7) is 3.12. The molecule has 6 heteroatoms. The van der Waals surface area contributed by atoms with Crippen LogP contribution in [0.2, 0.25) is 0 Å². The van der Waals surface area contributed by atoms with Crippen molar-refractivity contribution in [1.29, 1.82) is 0 Å². The summed E-state index contributed by atoms with van der Waals surface area (Å²) in [5.41, 5.74) is 1.46. The summed E-state index contributed by atoms with van der Waals surface area (Å²) in [7, 11) is -3.73. The molecule has 1 atom stereocenters. The maximum Gasteiger partial charge on any atom is 0.264 e. The summed E-state index contributed by atoms with van der Waals surface area (Å²) >= 11 is 0. The smallest absolute Gasteiger partial charge is 0.264 e. The molecule has 0 amide bonds. The second-order valence-corrected chi connectivity index (χ2v) is 8.85. The fourth-order valence-electron chi connectivity index (χ4n) is 3.44. The standard InChI is InChI=1S/C21H22N2O3S/c1-16-9-8-14-23(15-16)27(24,25)21-19(17-10-4-2-5-11-17)26-20(22-21)18-12-6-3-7-13-18/h2-7,10-13,16H,8-9,14-15H2,1H3. The summed E-state index contributed by atoms with van der Waals surface area (Å²) in [4.78, 5) is 4.43. The molecule has 0 radical (unpaired) electrons. The van der Waals surface area contributed by atoms with E-state index in [1.165, 1.54) is 0 Å². The van der Waals surface area contributed by atoms with Gasteiger partial charge in [0.25, 0.3) is 10.0 Å². The van der Waals surface area contributed by atoms with Crippen LogP contribution in [0.25, 0.3) is 22.8 Å². The van der Waals surface area contributed by atoms with Gasteiger partial charge in [0.1, 0.15) is 0 Å². The molecule has 27 heavy (non-hydrogen) atoms. The molecule has 2 heterocycles. The lowest BCUT2D eigenvalue weighted by atomic mass is 10.0. The van der Waals surface area contributed by atoms with E-state index in [4.69, 9.17) is 4.42 Å². The molecule has 0 aliphatic carbocycles. The van der Waals surface area contributed by atoms with Gasteiger partial charge in [-0.3, -0.25) is 0 Å². The van der Waals surface area contributed by atoms with Gasteiger partial charge in [0.2, 0.25) is 10.9 Å². The second-order valence-electron chi connectivity index (χ2n) is 7.00. The van der Waals surface area contributed by atoms with Crippen LogP contribution in [-0.2, 0) is 10.0 Å². The summed E-state index contributed by atoms with van der Waals surface area (Å²) in [6, 6.07) is 18.7. The van der Waals surface area contributed by atoms with E-state index in [9.17, 15) is 8.42 Å². The molecule has 2 aromatic carbocycles. The third-order valence-corrected chi connectivity index (χ3v) is 6.63. The fourth-order valence-corrected chi connectivity index (χ4v) is 5.10. The van der Waals surface area contributed by atoms with E-state index >= 15 is 0 Å². The Morgan fingerprint density at radius 3 is 2.26 bits per heavy atom. The first kappa shape index (κ1) is 17.9. The van der Waals surface area contributed by atoms with Crippen molar-refractivity contribution < 1.29 is 12.8 Å². The molecule has 1 aromatic heterocycles. The van der Waals surface area contributed by atoms with Crippen LogP contribution in [0, 0.1) is 5.92 Å². The molecule has 1 aliphatic rings. The summed E-state index contributed by atoms with van der Waals surface area (Å²) < 4.78 is 34.3. The van der Waals surface area contributed by atoms with Gasteiger partial charge in [-0.1, -0.05) is 55.5 Å². The van der Waals surface area contributed by atoms with Gasteiger partial charge in [-0.2, -0.15) is 9.29 Å². The minimum absolute atomic E-state index is 0.00153. The molecule has 1 aliphatic heterocycles. The molecule has 1 unspecified atom stereocenters. The topological polar surface area (TPSA) is 63.4 Å². The van der Waals surface area contributed by atoms with Gasteiger partial charge in [-0.25, -0.2) is 8.42 Å². The highest BCUT2D eigenvalue weighted by molar-refractivity contribution is 7.89. The fraction of sp³-hybridized carbons (Fsp3) is 0.286. The van der Waals surface area contributed by atoms with Crippen molar-refractivity contribution in [1.82, 2.24) is 9.29 Å². The second kappa shape index (κ2) is 7.29. The maximum atomic E-state index is 13.4. The molecule has 0 N–H and O–H groups in total. The third kappa shape index (κ3) is 3.55. The van der Waals surface area contributed by atoms with Crippen LogP contribution in [0.4, 0.5) is 0 Å². The molecular weight excluding hydrogens is 360 g/mol. The quantitative estimate of drug-likeness (QED) is 0.670. The average molecular weight is 382 g/mol. The molecule has 140 valence electrons. The van der Waals surface area contributed by atoms with Gasteiger partial charge in [0, 0.05) is 24.2 Å². The Kier molecular flexibility index (Phi) is 4.85. The zero-order valence-electron chi connectivity index (χ0n) is 15.2. The van der Waals surface area contributed by atoms with Crippen molar-refractivity contribution in [3.8, 4) is 22.8 Å². The Morgan fingerprint density at radius 1 is 1.00 bits per heavy atom. The zero-order chi connectivity index (χ0) is 18.9. The molecule has 4 rings (SSSR count). The third-order valence-electron chi connectivity index (χ3n) is 4.86. The van der Waals surface area contributed by atoms with E-state index in [-0.39, 0.29) is 5.03 Å². The first-order chi connectivity index (χ1) is 13.1. The van der Waals surface area contributed by atoms with Gasteiger partial charge >= 0.3 is 0 Å². The maximum absolute atomic E-state index is 13.4. The normalized spacial score (nSPS) is 18.5. The van der Waals surface area contributed by atoms with Crippen LogP contribution in [0.1, 0.15) is 19.8 Å². The molecule has 5 nitrogen and oxygen atoms in total. The SMILES string of the molecule is CC1CCCN(S(=O)(=O)c2nc(-c3ccccc3)oc2-c2ccccc2)C1. The van der Waals surface area contributed by atoms with E-state index in [0.29, 0.717) is 36.2 Å². The molecule has 1 saturated heterocycles. The van der Waals surface area contributed by atoms with Gasteiger partial charge in [-0.15, -0.1) is 0 Å². The van der Waals surface area contributed by atoms with Crippen LogP contribution in [0.5, 0.6) is 0 Å². The van der Waals surface area contributed by atoms with E-state index in [0.717, 1.165) is 18.4 Å². The number of oxazole rings is 1. The average Bonchev–Trinajstić information content (AvgIpc) is 3.16. The highest BCUT2D eigenvalue weighted by Crippen LogP contribution is 2.35. The number of nitrogens with zero attached hydrogens (tertiary/aromatic N) is 2. The van der Waals surface area contributed by atoms with Gasteiger partial charge < -0.3 is 4.42 Å². The van der Waals surface area contributed by atoms with Crippen molar-refractivity contribution in [2.45, 2.75) is 24.8 Å².